The van der Waals surface area contributed by atoms with E-state index in [0.29, 0.717) is 18.1 Å². The van der Waals surface area contributed by atoms with Gasteiger partial charge in [-0.3, -0.25) is 9.59 Å². The summed E-state index contributed by atoms with van der Waals surface area (Å²) in [5.41, 5.74) is 1.65. The number of amides is 2. The largest absolute Gasteiger partial charge is 0.459 e. The molecule has 0 aliphatic carbocycles. The molecule has 2 aromatic rings. The number of halogens is 1. The smallest absolute Gasteiger partial charge is 0.290 e. The Morgan fingerprint density at radius 1 is 1.26 bits per heavy atom. The van der Waals surface area contributed by atoms with Crippen LogP contribution in [0.15, 0.2) is 41.0 Å². The van der Waals surface area contributed by atoms with Crippen LogP contribution in [0, 0.1) is 6.92 Å². The normalized spacial score (nSPS) is 18.4. The van der Waals surface area contributed by atoms with E-state index in [0.717, 1.165) is 11.3 Å². The van der Waals surface area contributed by atoms with Crippen LogP contribution >= 0.6 is 11.6 Å². The van der Waals surface area contributed by atoms with Gasteiger partial charge in [0.15, 0.2) is 5.76 Å². The van der Waals surface area contributed by atoms with Gasteiger partial charge >= 0.3 is 0 Å². The maximum absolute atomic E-state index is 12.7. The van der Waals surface area contributed by atoms with Crippen LogP contribution < -0.4 is 4.90 Å². The van der Waals surface area contributed by atoms with E-state index in [1.165, 1.54) is 11.2 Å². The van der Waals surface area contributed by atoms with Gasteiger partial charge in [0, 0.05) is 23.8 Å². The Hall–Kier alpha value is -2.27. The number of nitrogens with zero attached hydrogens (tertiary/aromatic N) is 2. The van der Waals surface area contributed by atoms with E-state index >= 15 is 0 Å². The third-order valence-electron chi connectivity index (χ3n) is 4.18. The van der Waals surface area contributed by atoms with Gasteiger partial charge in [-0.05, 0) is 43.7 Å². The molecule has 1 aromatic heterocycles. The molecule has 0 bridgehead atoms. The lowest BCUT2D eigenvalue weighted by atomic mass is 10.1. The monoisotopic (exact) mass is 332 g/mol. The van der Waals surface area contributed by atoms with Crippen molar-refractivity contribution in [3.8, 4) is 0 Å². The first-order valence-electron chi connectivity index (χ1n) is 7.41. The number of carbonyl (C=O) groups excluding carboxylic acids is 2. The highest BCUT2D eigenvalue weighted by Gasteiger charge is 2.36. The van der Waals surface area contributed by atoms with E-state index in [1.807, 2.05) is 19.1 Å². The molecule has 0 radical (unpaired) electrons. The molecule has 0 saturated carbocycles. The highest BCUT2D eigenvalue weighted by molar-refractivity contribution is 6.31. The first-order chi connectivity index (χ1) is 11.0. The topological polar surface area (TPSA) is 53.8 Å². The third kappa shape index (κ3) is 2.72. The summed E-state index contributed by atoms with van der Waals surface area (Å²) in [5.74, 6) is -0.142. The zero-order valence-corrected chi connectivity index (χ0v) is 13.7. The number of hydrogen-bond acceptors (Lipinski definition) is 3. The Kier molecular flexibility index (Phi) is 4.13. The van der Waals surface area contributed by atoms with Gasteiger partial charge in [-0.2, -0.15) is 0 Å². The molecule has 1 aliphatic rings. The van der Waals surface area contributed by atoms with Crippen molar-refractivity contribution in [2.45, 2.75) is 19.9 Å². The molecule has 1 atom stereocenters. The lowest BCUT2D eigenvalue weighted by Crippen LogP contribution is -2.57. The zero-order valence-electron chi connectivity index (χ0n) is 13.0. The Labute approximate surface area is 139 Å². The fraction of sp³-hybridized carbons (Fsp3) is 0.294. The van der Waals surface area contributed by atoms with Crippen LogP contribution in [0.5, 0.6) is 0 Å². The van der Waals surface area contributed by atoms with Gasteiger partial charge in [-0.15, -0.1) is 0 Å². The van der Waals surface area contributed by atoms with Gasteiger partial charge in [-0.1, -0.05) is 17.7 Å². The van der Waals surface area contributed by atoms with Crippen molar-refractivity contribution < 1.29 is 14.0 Å². The molecule has 1 fully saturated rings. The van der Waals surface area contributed by atoms with Crippen molar-refractivity contribution >= 4 is 29.1 Å². The molecule has 2 heterocycles. The summed E-state index contributed by atoms with van der Waals surface area (Å²) < 4.78 is 5.14. The number of carbonyl (C=O) groups is 2. The summed E-state index contributed by atoms with van der Waals surface area (Å²) in [6, 6.07) is 8.20. The second-order valence-corrected chi connectivity index (χ2v) is 5.93. The number of benzene rings is 1. The summed E-state index contributed by atoms with van der Waals surface area (Å²) in [7, 11) is 0. The zero-order chi connectivity index (χ0) is 16.6. The van der Waals surface area contributed by atoms with Crippen molar-refractivity contribution in [3.63, 3.8) is 0 Å². The SMILES string of the molecule is Cc1c(Cl)cccc1N1CCN(C(=O)c2ccco2)[C@H](C)C1=O. The van der Waals surface area contributed by atoms with Crippen molar-refractivity contribution in [2.24, 2.45) is 0 Å². The van der Waals surface area contributed by atoms with Crippen LogP contribution in [0.25, 0.3) is 0 Å². The predicted octanol–water partition coefficient (Wildman–Crippen LogP) is 3.12. The third-order valence-corrected chi connectivity index (χ3v) is 4.59. The number of piperazine rings is 1. The summed E-state index contributed by atoms with van der Waals surface area (Å²) in [5, 5.41) is 0.622. The summed E-state index contributed by atoms with van der Waals surface area (Å²) in [6.07, 6.45) is 1.45. The van der Waals surface area contributed by atoms with Crippen molar-refractivity contribution in [2.75, 3.05) is 18.0 Å². The molecular weight excluding hydrogens is 316 g/mol. The molecule has 1 saturated heterocycles. The Balaban J connectivity index is 1.84. The molecule has 1 aliphatic heterocycles. The number of hydrogen-bond donors (Lipinski definition) is 0. The van der Waals surface area contributed by atoms with Crippen molar-refractivity contribution in [1.82, 2.24) is 4.90 Å². The average Bonchev–Trinajstić information content (AvgIpc) is 3.07. The van der Waals surface area contributed by atoms with Crippen molar-refractivity contribution in [3.05, 3.63) is 52.9 Å². The lowest BCUT2D eigenvalue weighted by Gasteiger charge is -2.39. The molecule has 1 aromatic carbocycles. The van der Waals surface area contributed by atoms with Gasteiger partial charge in [-0.25, -0.2) is 0 Å². The van der Waals surface area contributed by atoms with E-state index in [2.05, 4.69) is 0 Å². The Bertz CT molecular complexity index is 742. The van der Waals surface area contributed by atoms with Gasteiger partial charge < -0.3 is 14.2 Å². The molecule has 2 amide bonds. The second-order valence-electron chi connectivity index (χ2n) is 5.53. The Morgan fingerprint density at radius 2 is 2.04 bits per heavy atom. The van der Waals surface area contributed by atoms with Gasteiger partial charge in [0.1, 0.15) is 6.04 Å². The molecule has 0 N–H and O–H groups in total. The van der Waals surface area contributed by atoms with E-state index in [4.69, 9.17) is 16.0 Å². The lowest BCUT2D eigenvalue weighted by molar-refractivity contribution is -0.124. The van der Waals surface area contributed by atoms with Crippen LogP contribution in [0.1, 0.15) is 23.0 Å². The van der Waals surface area contributed by atoms with Crippen LogP contribution in [-0.2, 0) is 4.79 Å². The minimum atomic E-state index is -0.556. The average molecular weight is 333 g/mol. The second kappa shape index (κ2) is 6.08. The predicted molar refractivity (Wildman–Crippen MR) is 87.7 cm³/mol. The van der Waals surface area contributed by atoms with Crippen LogP contribution in [0.2, 0.25) is 5.02 Å². The summed E-state index contributed by atoms with van der Waals surface area (Å²) in [6.45, 7) is 4.49. The fourth-order valence-corrected chi connectivity index (χ4v) is 2.99. The molecule has 6 heteroatoms. The van der Waals surface area contributed by atoms with Crippen LogP contribution in [0.4, 0.5) is 5.69 Å². The minimum Gasteiger partial charge on any atom is -0.459 e. The molecule has 0 spiro atoms. The highest BCUT2D eigenvalue weighted by atomic mass is 35.5. The van der Waals surface area contributed by atoms with Crippen molar-refractivity contribution in [1.29, 1.82) is 0 Å². The Morgan fingerprint density at radius 3 is 2.74 bits per heavy atom. The minimum absolute atomic E-state index is 0.124. The van der Waals surface area contributed by atoms with E-state index in [-0.39, 0.29) is 17.6 Å². The first-order valence-corrected chi connectivity index (χ1v) is 7.79. The molecular formula is C17H17ClN2O3. The number of rotatable bonds is 2. The number of anilines is 1. The first kappa shape index (κ1) is 15.6. The standard InChI is InChI=1S/C17H17ClN2O3/c1-11-13(18)5-3-6-14(11)20-9-8-19(12(2)16(20)21)17(22)15-7-4-10-23-15/h3-7,10,12H,8-9H2,1-2H3/t12-/m1/s1. The van der Waals surface area contributed by atoms with E-state index < -0.39 is 6.04 Å². The molecule has 3 rings (SSSR count). The van der Waals surface area contributed by atoms with E-state index in [1.54, 1.807) is 30.0 Å². The summed E-state index contributed by atoms with van der Waals surface area (Å²) in [4.78, 5) is 28.4. The van der Waals surface area contributed by atoms with Gasteiger partial charge in [0.05, 0.1) is 6.26 Å². The fourth-order valence-electron chi connectivity index (χ4n) is 2.82. The maximum Gasteiger partial charge on any atom is 0.290 e. The van der Waals surface area contributed by atoms with Crippen LogP contribution in [0.3, 0.4) is 0 Å². The molecule has 5 nitrogen and oxygen atoms in total. The summed E-state index contributed by atoms with van der Waals surface area (Å²) >= 11 is 6.15. The highest BCUT2D eigenvalue weighted by Crippen LogP contribution is 2.29. The van der Waals surface area contributed by atoms with Gasteiger partial charge in [0.25, 0.3) is 5.91 Å². The number of furan rings is 1. The molecule has 0 unspecified atom stereocenters. The molecule has 120 valence electrons. The molecule has 23 heavy (non-hydrogen) atoms. The van der Waals surface area contributed by atoms with Gasteiger partial charge in [0.2, 0.25) is 5.91 Å². The van der Waals surface area contributed by atoms with Crippen LogP contribution in [-0.4, -0.2) is 35.8 Å². The van der Waals surface area contributed by atoms with E-state index in [9.17, 15) is 9.59 Å². The maximum atomic E-state index is 12.7. The quantitative estimate of drug-likeness (QED) is 0.849.